The Labute approximate surface area is 114 Å². The second-order valence-corrected chi connectivity index (χ2v) is 4.21. The van der Waals surface area contributed by atoms with Gasteiger partial charge in [0, 0.05) is 0 Å². The minimum atomic E-state index is -4.35. The van der Waals surface area contributed by atoms with E-state index in [-0.39, 0.29) is 5.57 Å². The van der Waals surface area contributed by atoms with Gasteiger partial charge < -0.3 is 0 Å². The van der Waals surface area contributed by atoms with E-state index in [0.29, 0.717) is 16.7 Å². The number of nitrogens with zero attached hydrogens (tertiary/aromatic N) is 1. The lowest BCUT2D eigenvalue weighted by Gasteiger charge is -2.10. The summed E-state index contributed by atoms with van der Waals surface area (Å²) in [5.74, 6) is 0. The van der Waals surface area contributed by atoms with Crippen molar-refractivity contribution in [3.8, 4) is 17.2 Å². The lowest BCUT2D eigenvalue weighted by Crippen LogP contribution is -2.04. The molecule has 0 atom stereocenters. The van der Waals surface area contributed by atoms with Gasteiger partial charge in [-0.2, -0.15) is 18.4 Å². The predicted octanol–water partition coefficient (Wildman–Crippen LogP) is 4.91. The number of hydrogen-bond donors (Lipinski definition) is 0. The van der Waals surface area contributed by atoms with Crippen molar-refractivity contribution in [1.29, 1.82) is 5.26 Å². The number of nitriles is 1. The molecular formula is C16H10F3N. The van der Waals surface area contributed by atoms with Gasteiger partial charge in [-0.05, 0) is 28.8 Å². The van der Waals surface area contributed by atoms with Crippen molar-refractivity contribution in [3.05, 3.63) is 66.2 Å². The molecule has 0 aliphatic rings. The van der Waals surface area contributed by atoms with Crippen LogP contribution in [0.25, 0.3) is 16.7 Å². The first-order valence-electron chi connectivity index (χ1n) is 5.79. The van der Waals surface area contributed by atoms with Gasteiger partial charge in [0.1, 0.15) is 0 Å². The molecule has 0 bridgehead atoms. The number of allylic oxidation sites excluding steroid dienone is 1. The molecule has 0 fully saturated rings. The molecule has 0 aliphatic heterocycles. The smallest absolute Gasteiger partial charge is 0.192 e. The second kappa shape index (κ2) is 5.22. The molecule has 0 heterocycles. The van der Waals surface area contributed by atoms with Gasteiger partial charge in [-0.25, -0.2) is 0 Å². The van der Waals surface area contributed by atoms with Crippen molar-refractivity contribution in [1.82, 2.24) is 0 Å². The second-order valence-electron chi connectivity index (χ2n) is 4.21. The molecule has 100 valence electrons. The first-order chi connectivity index (χ1) is 9.43. The lowest BCUT2D eigenvalue weighted by atomic mass is 9.95. The molecule has 4 heteroatoms. The quantitative estimate of drug-likeness (QED) is 0.713. The summed E-state index contributed by atoms with van der Waals surface area (Å²) in [6, 6.07) is 13.8. The highest BCUT2D eigenvalue weighted by molar-refractivity contribution is 5.86. The Kier molecular flexibility index (Phi) is 3.62. The van der Waals surface area contributed by atoms with Crippen LogP contribution in [0.5, 0.6) is 0 Å². The van der Waals surface area contributed by atoms with Crippen molar-refractivity contribution in [2.24, 2.45) is 0 Å². The summed E-state index contributed by atoms with van der Waals surface area (Å²) < 4.78 is 37.6. The van der Waals surface area contributed by atoms with Crippen LogP contribution in [-0.2, 0) is 6.18 Å². The van der Waals surface area contributed by atoms with Crippen molar-refractivity contribution in [3.63, 3.8) is 0 Å². The van der Waals surface area contributed by atoms with Crippen LogP contribution in [0, 0.1) is 11.3 Å². The molecule has 0 aromatic heterocycles. The van der Waals surface area contributed by atoms with Gasteiger partial charge in [0.2, 0.25) is 0 Å². The van der Waals surface area contributed by atoms with Gasteiger partial charge in [-0.3, -0.25) is 0 Å². The summed E-state index contributed by atoms with van der Waals surface area (Å²) in [7, 11) is 0. The third kappa shape index (κ3) is 2.72. The van der Waals surface area contributed by atoms with Crippen LogP contribution in [0.3, 0.4) is 0 Å². The standard InChI is InChI=1S/C16H10F3N/c1-11(10-20)14-4-2-3-5-15(14)12-6-8-13(9-7-12)16(17,18)19/h2-9H,1H2. The summed E-state index contributed by atoms with van der Waals surface area (Å²) in [5.41, 5.74) is 1.51. The maximum absolute atomic E-state index is 12.5. The Morgan fingerprint density at radius 3 is 2.15 bits per heavy atom. The van der Waals surface area contributed by atoms with Crippen LogP contribution in [0.4, 0.5) is 13.2 Å². The van der Waals surface area contributed by atoms with E-state index in [1.54, 1.807) is 24.3 Å². The average molecular weight is 273 g/mol. The van der Waals surface area contributed by atoms with E-state index >= 15 is 0 Å². The number of rotatable bonds is 2. The normalized spacial score (nSPS) is 10.9. The maximum atomic E-state index is 12.5. The van der Waals surface area contributed by atoms with Crippen LogP contribution in [0.1, 0.15) is 11.1 Å². The highest BCUT2D eigenvalue weighted by atomic mass is 19.4. The van der Waals surface area contributed by atoms with Gasteiger partial charge in [-0.15, -0.1) is 0 Å². The zero-order valence-corrected chi connectivity index (χ0v) is 10.4. The van der Waals surface area contributed by atoms with Crippen molar-refractivity contribution >= 4 is 5.57 Å². The fourth-order valence-corrected chi connectivity index (χ4v) is 1.90. The van der Waals surface area contributed by atoms with Crippen LogP contribution in [-0.4, -0.2) is 0 Å². The van der Waals surface area contributed by atoms with Crippen molar-refractivity contribution in [2.75, 3.05) is 0 Å². The molecule has 0 saturated carbocycles. The van der Waals surface area contributed by atoms with Gasteiger partial charge in [0.15, 0.2) is 0 Å². The minimum Gasteiger partial charge on any atom is -0.192 e. The Bertz CT molecular complexity index is 676. The molecule has 2 rings (SSSR count). The van der Waals surface area contributed by atoms with E-state index in [0.717, 1.165) is 12.1 Å². The number of alkyl halides is 3. The van der Waals surface area contributed by atoms with E-state index in [1.165, 1.54) is 12.1 Å². The zero-order valence-electron chi connectivity index (χ0n) is 10.4. The van der Waals surface area contributed by atoms with Crippen molar-refractivity contribution < 1.29 is 13.2 Å². The molecule has 0 unspecified atom stereocenters. The molecule has 2 aromatic carbocycles. The molecular weight excluding hydrogens is 263 g/mol. The van der Waals surface area contributed by atoms with E-state index in [1.807, 2.05) is 6.07 Å². The maximum Gasteiger partial charge on any atom is 0.416 e. The van der Waals surface area contributed by atoms with Gasteiger partial charge in [0.25, 0.3) is 0 Å². The Hall–Kier alpha value is -2.54. The molecule has 0 amide bonds. The largest absolute Gasteiger partial charge is 0.416 e. The molecule has 20 heavy (non-hydrogen) atoms. The average Bonchev–Trinajstić information content (AvgIpc) is 2.45. The predicted molar refractivity (Wildman–Crippen MR) is 71.5 cm³/mol. The summed E-state index contributed by atoms with van der Waals surface area (Å²) in [5, 5.41) is 8.91. The fraction of sp³-hybridized carbons (Fsp3) is 0.0625. The molecule has 0 N–H and O–H groups in total. The molecule has 2 aromatic rings. The zero-order chi connectivity index (χ0) is 14.8. The SMILES string of the molecule is C=C(C#N)c1ccccc1-c1ccc(C(F)(F)F)cc1. The first-order valence-corrected chi connectivity index (χ1v) is 5.79. The van der Waals surface area contributed by atoms with Crippen LogP contribution in [0.2, 0.25) is 0 Å². The van der Waals surface area contributed by atoms with Gasteiger partial charge in [-0.1, -0.05) is 43.0 Å². The topological polar surface area (TPSA) is 23.8 Å². The third-order valence-electron chi connectivity index (χ3n) is 2.91. The lowest BCUT2D eigenvalue weighted by molar-refractivity contribution is -0.137. The van der Waals surface area contributed by atoms with E-state index in [4.69, 9.17) is 5.26 Å². The van der Waals surface area contributed by atoms with Gasteiger partial charge >= 0.3 is 6.18 Å². The van der Waals surface area contributed by atoms with Crippen molar-refractivity contribution in [2.45, 2.75) is 6.18 Å². The number of halogens is 3. The van der Waals surface area contributed by atoms with Crippen LogP contribution >= 0.6 is 0 Å². The Morgan fingerprint density at radius 2 is 1.60 bits per heavy atom. The van der Waals surface area contributed by atoms with Crippen LogP contribution in [0.15, 0.2) is 55.1 Å². The van der Waals surface area contributed by atoms with E-state index < -0.39 is 11.7 Å². The van der Waals surface area contributed by atoms with E-state index in [2.05, 4.69) is 6.58 Å². The van der Waals surface area contributed by atoms with E-state index in [9.17, 15) is 13.2 Å². The summed E-state index contributed by atoms with van der Waals surface area (Å²) >= 11 is 0. The Morgan fingerprint density at radius 1 is 1.00 bits per heavy atom. The number of benzene rings is 2. The highest BCUT2D eigenvalue weighted by Crippen LogP contribution is 2.32. The molecule has 0 spiro atoms. The highest BCUT2D eigenvalue weighted by Gasteiger charge is 2.30. The molecule has 0 radical (unpaired) electrons. The molecule has 0 aliphatic carbocycles. The molecule has 1 nitrogen and oxygen atoms in total. The van der Waals surface area contributed by atoms with Gasteiger partial charge in [0.05, 0.1) is 17.2 Å². The summed E-state index contributed by atoms with van der Waals surface area (Å²) in [4.78, 5) is 0. The summed E-state index contributed by atoms with van der Waals surface area (Å²) in [6.45, 7) is 3.65. The fourth-order valence-electron chi connectivity index (χ4n) is 1.90. The number of hydrogen-bond acceptors (Lipinski definition) is 1. The molecule has 0 saturated heterocycles. The monoisotopic (exact) mass is 273 g/mol. The third-order valence-corrected chi connectivity index (χ3v) is 2.91. The summed E-state index contributed by atoms with van der Waals surface area (Å²) in [6.07, 6.45) is -4.35. The first kappa shape index (κ1) is 13.9. The minimum absolute atomic E-state index is 0.278. The Balaban J connectivity index is 2.48. The van der Waals surface area contributed by atoms with Crippen LogP contribution < -0.4 is 0 Å².